The summed E-state index contributed by atoms with van der Waals surface area (Å²) >= 11 is 0. The van der Waals surface area contributed by atoms with E-state index in [1.54, 1.807) is 12.1 Å². The molecule has 0 fully saturated rings. The van der Waals surface area contributed by atoms with Crippen molar-refractivity contribution in [3.63, 3.8) is 0 Å². The number of carboxylic acids is 1. The Bertz CT molecular complexity index is 351. The van der Waals surface area contributed by atoms with Crippen LogP contribution in [0.4, 0.5) is 4.39 Å². The predicted octanol–water partition coefficient (Wildman–Crippen LogP) is 2.07. The highest BCUT2D eigenvalue weighted by atomic mass is 19.1. The molecule has 94 valence electrons. The van der Waals surface area contributed by atoms with E-state index in [1.807, 2.05) is 6.92 Å². The number of hydrogen-bond acceptors (Lipinski definition) is 2. The lowest BCUT2D eigenvalue weighted by molar-refractivity contribution is -0.137. The lowest BCUT2D eigenvalue weighted by Crippen LogP contribution is -2.24. The third kappa shape index (κ3) is 6.02. The molecule has 2 N–H and O–H groups in total. The summed E-state index contributed by atoms with van der Waals surface area (Å²) in [6.45, 7) is 3.36. The summed E-state index contributed by atoms with van der Waals surface area (Å²) in [4.78, 5) is 10.4. The van der Waals surface area contributed by atoms with Gasteiger partial charge in [-0.1, -0.05) is 19.1 Å². The van der Waals surface area contributed by atoms with Crippen molar-refractivity contribution in [3.05, 3.63) is 35.6 Å². The first-order chi connectivity index (χ1) is 8.08. The van der Waals surface area contributed by atoms with Crippen LogP contribution in [0.5, 0.6) is 0 Å². The van der Waals surface area contributed by atoms with Crippen molar-refractivity contribution < 1.29 is 14.3 Å². The molecule has 0 spiro atoms. The number of carboxylic acid groups (broad SMARTS) is 1. The maximum absolute atomic E-state index is 12.6. The van der Waals surface area contributed by atoms with Crippen molar-refractivity contribution >= 4 is 5.97 Å². The molecule has 1 aromatic rings. The van der Waals surface area contributed by atoms with Gasteiger partial charge in [0.25, 0.3) is 0 Å². The Morgan fingerprint density at radius 1 is 1.41 bits per heavy atom. The van der Waals surface area contributed by atoms with Gasteiger partial charge in [0.1, 0.15) is 5.82 Å². The minimum Gasteiger partial charge on any atom is -0.481 e. The molecule has 3 nitrogen and oxygen atoms in total. The second-order valence-corrected chi connectivity index (χ2v) is 4.28. The van der Waals surface area contributed by atoms with E-state index < -0.39 is 5.97 Å². The van der Waals surface area contributed by atoms with Crippen LogP contribution in [0.1, 0.15) is 18.9 Å². The Labute approximate surface area is 101 Å². The SMILES string of the molecule is CC(CNCCc1ccc(F)cc1)CC(=O)O. The van der Waals surface area contributed by atoms with E-state index in [0.717, 1.165) is 18.5 Å². The monoisotopic (exact) mass is 239 g/mol. The van der Waals surface area contributed by atoms with Gasteiger partial charge < -0.3 is 10.4 Å². The van der Waals surface area contributed by atoms with Gasteiger partial charge in [-0.05, 0) is 43.1 Å². The third-order valence-electron chi connectivity index (χ3n) is 2.52. The van der Waals surface area contributed by atoms with E-state index in [-0.39, 0.29) is 18.2 Å². The van der Waals surface area contributed by atoms with Gasteiger partial charge in [-0.2, -0.15) is 0 Å². The standard InChI is InChI=1S/C13H18FNO2/c1-10(8-13(16)17)9-15-7-6-11-2-4-12(14)5-3-11/h2-5,10,15H,6-9H2,1H3,(H,16,17). The van der Waals surface area contributed by atoms with E-state index in [0.29, 0.717) is 6.54 Å². The van der Waals surface area contributed by atoms with Gasteiger partial charge in [0.2, 0.25) is 0 Å². The highest BCUT2D eigenvalue weighted by molar-refractivity contribution is 5.66. The van der Waals surface area contributed by atoms with Crippen molar-refractivity contribution in [3.8, 4) is 0 Å². The Morgan fingerprint density at radius 2 is 2.06 bits per heavy atom. The minimum atomic E-state index is -0.766. The predicted molar refractivity (Wildman–Crippen MR) is 64.4 cm³/mol. The van der Waals surface area contributed by atoms with Crippen molar-refractivity contribution in [2.75, 3.05) is 13.1 Å². The van der Waals surface area contributed by atoms with Gasteiger partial charge >= 0.3 is 5.97 Å². The Hall–Kier alpha value is -1.42. The molecule has 1 atom stereocenters. The molecule has 0 bridgehead atoms. The van der Waals surface area contributed by atoms with Gasteiger partial charge in [-0.25, -0.2) is 4.39 Å². The summed E-state index contributed by atoms with van der Waals surface area (Å²) in [6, 6.07) is 6.42. The number of hydrogen-bond donors (Lipinski definition) is 2. The second kappa shape index (κ2) is 7.01. The number of carbonyl (C=O) groups is 1. The van der Waals surface area contributed by atoms with Crippen LogP contribution >= 0.6 is 0 Å². The maximum Gasteiger partial charge on any atom is 0.303 e. The van der Waals surface area contributed by atoms with Gasteiger partial charge in [0.05, 0.1) is 0 Å². The van der Waals surface area contributed by atoms with Crippen LogP contribution in [0.25, 0.3) is 0 Å². The topological polar surface area (TPSA) is 49.3 Å². The molecule has 0 amide bonds. The smallest absolute Gasteiger partial charge is 0.303 e. The zero-order valence-electron chi connectivity index (χ0n) is 9.95. The van der Waals surface area contributed by atoms with Crippen molar-refractivity contribution in [2.45, 2.75) is 19.8 Å². The number of rotatable bonds is 7. The van der Waals surface area contributed by atoms with Crippen LogP contribution in [0, 0.1) is 11.7 Å². The Balaban J connectivity index is 2.15. The van der Waals surface area contributed by atoms with Gasteiger partial charge in [0, 0.05) is 6.42 Å². The maximum atomic E-state index is 12.6. The van der Waals surface area contributed by atoms with E-state index in [2.05, 4.69) is 5.32 Å². The molecular weight excluding hydrogens is 221 g/mol. The molecule has 0 aliphatic heterocycles. The fourth-order valence-corrected chi connectivity index (χ4v) is 1.60. The molecule has 1 unspecified atom stereocenters. The van der Waals surface area contributed by atoms with Gasteiger partial charge in [0.15, 0.2) is 0 Å². The average Bonchev–Trinajstić information content (AvgIpc) is 2.26. The highest BCUT2D eigenvalue weighted by Crippen LogP contribution is 2.03. The molecule has 4 heteroatoms. The molecular formula is C13H18FNO2. The van der Waals surface area contributed by atoms with Crippen molar-refractivity contribution in [1.82, 2.24) is 5.32 Å². The highest BCUT2D eigenvalue weighted by Gasteiger charge is 2.06. The summed E-state index contributed by atoms with van der Waals surface area (Å²) in [7, 11) is 0. The Kier molecular flexibility index (Phi) is 5.63. The quantitative estimate of drug-likeness (QED) is 0.716. The van der Waals surface area contributed by atoms with Crippen LogP contribution in [-0.4, -0.2) is 24.2 Å². The van der Waals surface area contributed by atoms with E-state index >= 15 is 0 Å². The molecule has 1 rings (SSSR count). The first kappa shape index (κ1) is 13.6. The van der Waals surface area contributed by atoms with Crippen LogP contribution < -0.4 is 5.32 Å². The summed E-state index contributed by atoms with van der Waals surface area (Å²) < 4.78 is 12.6. The van der Waals surface area contributed by atoms with E-state index in [1.165, 1.54) is 12.1 Å². The van der Waals surface area contributed by atoms with Gasteiger partial charge in [-0.3, -0.25) is 4.79 Å². The molecule has 17 heavy (non-hydrogen) atoms. The number of halogens is 1. The summed E-state index contributed by atoms with van der Waals surface area (Å²) in [5.74, 6) is -0.865. The molecule has 1 aromatic carbocycles. The largest absolute Gasteiger partial charge is 0.481 e. The second-order valence-electron chi connectivity index (χ2n) is 4.28. The van der Waals surface area contributed by atoms with Crippen LogP contribution in [0.2, 0.25) is 0 Å². The molecule has 0 heterocycles. The van der Waals surface area contributed by atoms with Crippen LogP contribution in [0.3, 0.4) is 0 Å². The normalized spacial score (nSPS) is 12.4. The van der Waals surface area contributed by atoms with Crippen molar-refractivity contribution in [2.24, 2.45) is 5.92 Å². The summed E-state index contributed by atoms with van der Waals surface area (Å²) in [6.07, 6.45) is 1.00. The van der Waals surface area contributed by atoms with Crippen molar-refractivity contribution in [1.29, 1.82) is 0 Å². The fourth-order valence-electron chi connectivity index (χ4n) is 1.60. The number of benzene rings is 1. The van der Waals surface area contributed by atoms with E-state index in [4.69, 9.17) is 5.11 Å². The Morgan fingerprint density at radius 3 is 2.65 bits per heavy atom. The lowest BCUT2D eigenvalue weighted by atomic mass is 10.1. The zero-order valence-corrected chi connectivity index (χ0v) is 9.95. The van der Waals surface area contributed by atoms with E-state index in [9.17, 15) is 9.18 Å². The van der Waals surface area contributed by atoms with Gasteiger partial charge in [-0.15, -0.1) is 0 Å². The number of aliphatic carboxylic acids is 1. The lowest BCUT2D eigenvalue weighted by Gasteiger charge is -2.10. The molecule has 0 aliphatic rings. The number of nitrogens with one attached hydrogen (secondary N) is 1. The molecule has 0 aliphatic carbocycles. The first-order valence-corrected chi connectivity index (χ1v) is 5.75. The molecule has 0 saturated carbocycles. The third-order valence-corrected chi connectivity index (χ3v) is 2.52. The van der Waals surface area contributed by atoms with Crippen LogP contribution in [-0.2, 0) is 11.2 Å². The zero-order chi connectivity index (χ0) is 12.7. The fraction of sp³-hybridized carbons (Fsp3) is 0.462. The molecule has 0 aromatic heterocycles. The minimum absolute atomic E-state index is 0.126. The molecule has 0 saturated heterocycles. The summed E-state index contributed by atoms with van der Waals surface area (Å²) in [5.41, 5.74) is 1.07. The van der Waals surface area contributed by atoms with Crippen LogP contribution in [0.15, 0.2) is 24.3 Å². The first-order valence-electron chi connectivity index (χ1n) is 5.75. The summed E-state index contributed by atoms with van der Waals surface area (Å²) in [5, 5.41) is 11.8. The average molecular weight is 239 g/mol. The molecule has 0 radical (unpaired) electrons.